The number of aryl methyl sites for hydroxylation is 1. The maximum absolute atomic E-state index is 4.52. The summed E-state index contributed by atoms with van der Waals surface area (Å²) in [6.07, 6.45) is 2.71. The molecule has 20 heavy (non-hydrogen) atoms. The molecule has 1 aromatic rings. The lowest BCUT2D eigenvalue weighted by atomic mass is 10.0. The molecule has 2 heterocycles. The highest BCUT2D eigenvalue weighted by Crippen LogP contribution is 2.15. The van der Waals surface area contributed by atoms with E-state index in [4.69, 9.17) is 0 Å². The highest BCUT2D eigenvalue weighted by Gasteiger charge is 2.15. The third-order valence-corrected chi connectivity index (χ3v) is 3.72. The molecule has 0 bridgehead atoms. The maximum atomic E-state index is 4.52. The molecule has 1 aliphatic heterocycles. The molecule has 112 valence electrons. The van der Waals surface area contributed by atoms with Crippen LogP contribution in [0.3, 0.4) is 0 Å². The molecule has 2 rings (SSSR count). The molecule has 1 aliphatic rings. The summed E-state index contributed by atoms with van der Waals surface area (Å²) in [5.41, 5.74) is 0.998. The monoisotopic (exact) mass is 277 g/mol. The molecule has 0 saturated carbocycles. The standard InChI is InChI=1S/C15H27N5/c1-12-6-5-8-20(11-12)9-7-16-14-10-13(2)17-15(18-14)19(3)4/h10,12H,5-9,11H2,1-4H3,(H,16,17,18)/t12-/m0/s1. The van der Waals surface area contributed by atoms with Crippen LogP contribution in [0.15, 0.2) is 6.07 Å². The molecule has 0 spiro atoms. The number of nitrogens with zero attached hydrogens (tertiary/aromatic N) is 4. The Kier molecular flexibility index (Phi) is 5.17. The van der Waals surface area contributed by atoms with Crippen molar-refractivity contribution in [3.05, 3.63) is 11.8 Å². The van der Waals surface area contributed by atoms with E-state index in [1.54, 1.807) is 0 Å². The van der Waals surface area contributed by atoms with Crippen LogP contribution >= 0.6 is 0 Å². The minimum absolute atomic E-state index is 0.763. The number of aromatic nitrogens is 2. The Morgan fingerprint density at radius 3 is 2.90 bits per heavy atom. The summed E-state index contributed by atoms with van der Waals surface area (Å²) < 4.78 is 0. The van der Waals surface area contributed by atoms with Crippen molar-refractivity contribution in [2.24, 2.45) is 5.92 Å². The zero-order valence-electron chi connectivity index (χ0n) is 13.2. The lowest BCUT2D eigenvalue weighted by Crippen LogP contribution is -2.37. The lowest BCUT2D eigenvalue weighted by molar-refractivity contribution is 0.190. The molecule has 1 atom stereocenters. The van der Waals surface area contributed by atoms with Gasteiger partial charge >= 0.3 is 0 Å². The summed E-state index contributed by atoms with van der Waals surface area (Å²) in [6.45, 7) is 8.84. The predicted molar refractivity (Wildman–Crippen MR) is 84.4 cm³/mol. The van der Waals surface area contributed by atoms with E-state index in [1.807, 2.05) is 32.0 Å². The van der Waals surface area contributed by atoms with Crippen molar-refractivity contribution >= 4 is 11.8 Å². The van der Waals surface area contributed by atoms with E-state index in [9.17, 15) is 0 Å². The van der Waals surface area contributed by atoms with E-state index in [2.05, 4.69) is 27.1 Å². The third-order valence-electron chi connectivity index (χ3n) is 3.72. The van der Waals surface area contributed by atoms with Crippen LogP contribution < -0.4 is 10.2 Å². The van der Waals surface area contributed by atoms with Crippen LogP contribution in [0.5, 0.6) is 0 Å². The molecule has 5 nitrogen and oxygen atoms in total. The third kappa shape index (κ3) is 4.34. The van der Waals surface area contributed by atoms with Crippen LogP contribution in [0.25, 0.3) is 0 Å². The molecular weight excluding hydrogens is 250 g/mol. The Labute approximate surface area is 122 Å². The quantitative estimate of drug-likeness (QED) is 0.892. The fourth-order valence-electron chi connectivity index (χ4n) is 2.68. The maximum Gasteiger partial charge on any atom is 0.226 e. The number of nitrogens with one attached hydrogen (secondary N) is 1. The Morgan fingerprint density at radius 1 is 1.40 bits per heavy atom. The minimum Gasteiger partial charge on any atom is -0.369 e. The first-order chi connectivity index (χ1) is 9.54. The number of hydrogen-bond donors (Lipinski definition) is 1. The minimum atomic E-state index is 0.763. The largest absolute Gasteiger partial charge is 0.369 e. The highest BCUT2D eigenvalue weighted by atomic mass is 15.2. The average Bonchev–Trinajstić information content (AvgIpc) is 2.38. The topological polar surface area (TPSA) is 44.3 Å². The van der Waals surface area contributed by atoms with E-state index >= 15 is 0 Å². The SMILES string of the molecule is Cc1cc(NCCN2CCC[C@H](C)C2)nc(N(C)C)n1. The normalized spacial score (nSPS) is 19.9. The summed E-state index contributed by atoms with van der Waals surface area (Å²) in [4.78, 5) is 13.4. The number of rotatable bonds is 5. The molecule has 5 heteroatoms. The molecular formula is C15H27N5. The van der Waals surface area contributed by atoms with E-state index in [-0.39, 0.29) is 0 Å². The van der Waals surface area contributed by atoms with Gasteiger partial charge in [0.05, 0.1) is 0 Å². The van der Waals surface area contributed by atoms with Gasteiger partial charge in [0.2, 0.25) is 5.95 Å². The zero-order valence-corrected chi connectivity index (χ0v) is 13.2. The van der Waals surface area contributed by atoms with Crippen molar-refractivity contribution in [1.82, 2.24) is 14.9 Å². The van der Waals surface area contributed by atoms with Crippen molar-refractivity contribution < 1.29 is 0 Å². The second kappa shape index (κ2) is 6.88. The molecule has 0 aliphatic carbocycles. The highest BCUT2D eigenvalue weighted by molar-refractivity contribution is 5.42. The molecule has 0 aromatic carbocycles. The van der Waals surface area contributed by atoms with Crippen LogP contribution in [0.2, 0.25) is 0 Å². The first-order valence-corrected chi connectivity index (χ1v) is 7.54. The summed E-state index contributed by atoms with van der Waals surface area (Å²) in [6, 6.07) is 2.01. The molecule has 1 aromatic heterocycles. The zero-order chi connectivity index (χ0) is 14.5. The average molecular weight is 277 g/mol. The Balaban J connectivity index is 1.84. The number of anilines is 2. The van der Waals surface area contributed by atoms with Gasteiger partial charge < -0.3 is 15.1 Å². The van der Waals surface area contributed by atoms with Crippen LogP contribution in [0.1, 0.15) is 25.5 Å². The predicted octanol–water partition coefficient (Wildman–Crippen LogP) is 1.99. The van der Waals surface area contributed by atoms with Crippen LogP contribution in [0, 0.1) is 12.8 Å². The number of hydrogen-bond acceptors (Lipinski definition) is 5. The van der Waals surface area contributed by atoms with Gasteiger partial charge in [-0.15, -0.1) is 0 Å². The smallest absolute Gasteiger partial charge is 0.226 e. The number of likely N-dealkylation sites (tertiary alicyclic amines) is 1. The second-order valence-corrected chi connectivity index (χ2v) is 6.06. The van der Waals surface area contributed by atoms with Crippen molar-refractivity contribution in [2.75, 3.05) is 50.5 Å². The van der Waals surface area contributed by atoms with E-state index in [1.165, 1.54) is 25.9 Å². The van der Waals surface area contributed by atoms with Gasteiger partial charge in [0.1, 0.15) is 5.82 Å². The molecule has 1 fully saturated rings. The molecule has 1 saturated heterocycles. The van der Waals surface area contributed by atoms with Gasteiger partial charge in [-0.1, -0.05) is 6.92 Å². The number of piperidine rings is 1. The first-order valence-electron chi connectivity index (χ1n) is 7.54. The Hall–Kier alpha value is -1.36. The van der Waals surface area contributed by atoms with Crippen molar-refractivity contribution in [3.8, 4) is 0 Å². The fraction of sp³-hybridized carbons (Fsp3) is 0.733. The van der Waals surface area contributed by atoms with Gasteiger partial charge in [0.25, 0.3) is 0 Å². The van der Waals surface area contributed by atoms with Gasteiger partial charge in [0, 0.05) is 45.5 Å². The van der Waals surface area contributed by atoms with Crippen molar-refractivity contribution in [2.45, 2.75) is 26.7 Å². The van der Waals surface area contributed by atoms with Gasteiger partial charge in [-0.25, -0.2) is 4.98 Å². The van der Waals surface area contributed by atoms with Crippen LogP contribution in [-0.4, -0.2) is 55.1 Å². The summed E-state index contributed by atoms with van der Waals surface area (Å²) in [5.74, 6) is 2.52. The van der Waals surface area contributed by atoms with Gasteiger partial charge in [0.15, 0.2) is 0 Å². The van der Waals surface area contributed by atoms with Crippen molar-refractivity contribution in [3.63, 3.8) is 0 Å². The molecule has 0 unspecified atom stereocenters. The summed E-state index contributed by atoms with van der Waals surface area (Å²) in [5, 5.41) is 3.42. The van der Waals surface area contributed by atoms with Crippen LogP contribution in [-0.2, 0) is 0 Å². The molecule has 1 N–H and O–H groups in total. The summed E-state index contributed by atoms with van der Waals surface area (Å²) in [7, 11) is 3.93. The fourth-order valence-corrected chi connectivity index (χ4v) is 2.68. The Bertz CT molecular complexity index is 432. The first kappa shape index (κ1) is 15.0. The van der Waals surface area contributed by atoms with Crippen molar-refractivity contribution in [1.29, 1.82) is 0 Å². The van der Waals surface area contributed by atoms with E-state index in [0.29, 0.717) is 0 Å². The van der Waals surface area contributed by atoms with Crippen LogP contribution in [0.4, 0.5) is 11.8 Å². The Morgan fingerprint density at radius 2 is 2.20 bits per heavy atom. The molecule has 0 radical (unpaired) electrons. The second-order valence-electron chi connectivity index (χ2n) is 6.06. The van der Waals surface area contributed by atoms with Gasteiger partial charge in [-0.05, 0) is 32.2 Å². The van der Waals surface area contributed by atoms with E-state index < -0.39 is 0 Å². The molecule has 0 amide bonds. The summed E-state index contributed by atoms with van der Waals surface area (Å²) >= 11 is 0. The van der Waals surface area contributed by atoms with E-state index in [0.717, 1.165) is 36.5 Å². The van der Waals surface area contributed by atoms with Gasteiger partial charge in [-0.3, -0.25) is 0 Å². The lowest BCUT2D eigenvalue weighted by Gasteiger charge is -2.30. The van der Waals surface area contributed by atoms with Gasteiger partial charge in [-0.2, -0.15) is 4.98 Å².